The predicted octanol–water partition coefficient (Wildman–Crippen LogP) is 3.32. The van der Waals surface area contributed by atoms with Crippen LogP contribution in [0.5, 0.6) is 0 Å². The Bertz CT molecular complexity index is 327. The predicted molar refractivity (Wildman–Crippen MR) is 62.9 cm³/mol. The van der Waals surface area contributed by atoms with Crippen molar-refractivity contribution in [1.82, 2.24) is 0 Å². The van der Waals surface area contributed by atoms with Crippen LogP contribution in [0.3, 0.4) is 0 Å². The maximum Gasteiger partial charge on any atom is 0.271 e. The van der Waals surface area contributed by atoms with E-state index in [9.17, 15) is 8.78 Å². The average molecular weight is 244 g/mol. The quantitative estimate of drug-likeness (QED) is 0.527. The van der Waals surface area contributed by atoms with Crippen LogP contribution in [0.15, 0.2) is 36.1 Å². The van der Waals surface area contributed by atoms with Crippen molar-refractivity contribution in [3.8, 4) is 0 Å². The topological polar surface area (TPSA) is 18.5 Å². The first kappa shape index (κ1) is 13.9. The molecule has 1 rings (SSSR count). The van der Waals surface area contributed by atoms with Gasteiger partial charge in [0.15, 0.2) is 0 Å². The largest absolute Gasteiger partial charge is 0.491 e. The van der Waals surface area contributed by atoms with E-state index < -0.39 is 5.92 Å². The molecular weight excluding hydrogens is 226 g/mol. The number of ether oxygens (including phenoxy) is 2. The first-order chi connectivity index (χ1) is 8.00. The summed E-state index contributed by atoms with van der Waals surface area (Å²) in [6.45, 7) is 5.12. The minimum atomic E-state index is -2.90. The Labute approximate surface area is 101 Å². The summed E-state index contributed by atoms with van der Waals surface area (Å²) in [7, 11) is 1.54. The van der Waals surface area contributed by atoms with Gasteiger partial charge in [-0.05, 0) is 12.5 Å². The summed E-state index contributed by atoms with van der Waals surface area (Å²) < 4.78 is 37.3. The summed E-state index contributed by atoms with van der Waals surface area (Å²) in [4.78, 5) is 0. The summed E-state index contributed by atoms with van der Waals surface area (Å²) in [5.41, 5.74) is 0.00565. The molecule has 96 valence electrons. The highest BCUT2D eigenvalue weighted by molar-refractivity contribution is 5.33. The molecule has 0 fully saturated rings. The Balaban J connectivity index is 2.93. The van der Waals surface area contributed by atoms with E-state index in [0.717, 1.165) is 6.92 Å². The van der Waals surface area contributed by atoms with E-state index in [-0.39, 0.29) is 23.9 Å². The molecule has 0 aromatic heterocycles. The normalized spacial score (nSPS) is 20.6. The van der Waals surface area contributed by atoms with Gasteiger partial charge in [-0.15, -0.1) is 6.58 Å². The second-order valence-electron chi connectivity index (χ2n) is 3.99. The molecule has 2 nitrogen and oxygen atoms in total. The van der Waals surface area contributed by atoms with E-state index in [0.29, 0.717) is 13.0 Å². The van der Waals surface area contributed by atoms with Gasteiger partial charge in [0, 0.05) is 25.5 Å². The van der Waals surface area contributed by atoms with Gasteiger partial charge in [-0.1, -0.05) is 12.2 Å². The zero-order valence-electron chi connectivity index (χ0n) is 10.2. The first-order valence-electron chi connectivity index (χ1n) is 5.54. The van der Waals surface area contributed by atoms with Crippen LogP contribution >= 0.6 is 0 Å². The molecule has 0 heterocycles. The number of alkyl halides is 2. The van der Waals surface area contributed by atoms with Gasteiger partial charge in [0.1, 0.15) is 12.4 Å². The summed E-state index contributed by atoms with van der Waals surface area (Å²) in [6, 6.07) is 0. The molecule has 0 saturated carbocycles. The molecule has 1 aliphatic carbocycles. The van der Waals surface area contributed by atoms with Crippen LogP contribution in [0, 0.1) is 5.92 Å². The van der Waals surface area contributed by atoms with E-state index in [1.807, 2.05) is 6.08 Å². The maximum absolute atomic E-state index is 13.6. The van der Waals surface area contributed by atoms with E-state index >= 15 is 0 Å². The average Bonchev–Trinajstić information content (AvgIpc) is 2.27. The Morgan fingerprint density at radius 2 is 2.24 bits per heavy atom. The van der Waals surface area contributed by atoms with E-state index in [2.05, 4.69) is 6.58 Å². The summed E-state index contributed by atoms with van der Waals surface area (Å²) in [6.07, 6.45) is 5.50. The van der Waals surface area contributed by atoms with E-state index in [1.165, 1.54) is 13.2 Å². The van der Waals surface area contributed by atoms with Crippen molar-refractivity contribution < 1.29 is 18.3 Å². The molecule has 0 radical (unpaired) electrons. The van der Waals surface area contributed by atoms with Crippen molar-refractivity contribution >= 4 is 0 Å². The number of allylic oxidation sites excluding steroid dienone is 4. The molecule has 1 aliphatic rings. The number of hydrogen-bond acceptors (Lipinski definition) is 2. The Morgan fingerprint density at radius 1 is 1.53 bits per heavy atom. The van der Waals surface area contributed by atoms with Gasteiger partial charge >= 0.3 is 0 Å². The molecule has 17 heavy (non-hydrogen) atoms. The number of hydrogen-bond donors (Lipinski definition) is 0. The van der Waals surface area contributed by atoms with Crippen LogP contribution in [-0.2, 0) is 9.47 Å². The minimum absolute atomic E-state index is 0.00565. The molecule has 0 N–H and O–H groups in total. The van der Waals surface area contributed by atoms with Crippen molar-refractivity contribution in [2.75, 3.05) is 20.3 Å². The molecule has 0 aromatic carbocycles. The molecule has 0 aromatic rings. The molecule has 0 bridgehead atoms. The minimum Gasteiger partial charge on any atom is -0.491 e. The van der Waals surface area contributed by atoms with Crippen molar-refractivity contribution in [3.63, 3.8) is 0 Å². The van der Waals surface area contributed by atoms with E-state index in [1.54, 1.807) is 6.08 Å². The molecule has 0 aliphatic heterocycles. The fraction of sp³-hybridized carbons (Fsp3) is 0.538. The van der Waals surface area contributed by atoms with Crippen LogP contribution in [0.1, 0.15) is 13.3 Å². The Kier molecular flexibility index (Phi) is 4.87. The van der Waals surface area contributed by atoms with Crippen molar-refractivity contribution in [3.05, 3.63) is 36.1 Å². The fourth-order valence-electron chi connectivity index (χ4n) is 1.83. The third-order valence-corrected chi connectivity index (χ3v) is 2.60. The molecular formula is C13H18F2O2. The Morgan fingerprint density at radius 3 is 2.76 bits per heavy atom. The van der Waals surface area contributed by atoms with Gasteiger partial charge in [0.25, 0.3) is 5.92 Å². The standard InChI is InChI=1S/C13H18F2O2/c1-4-10-6-5-7-11(17-9-8-16-3)12(10)13(2,14)15/h4-5,7,10H,1,6,8-9H2,2-3H3. The highest BCUT2D eigenvalue weighted by Gasteiger charge is 2.36. The van der Waals surface area contributed by atoms with Crippen LogP contribution in [-0.4, -0.2) is 26.2 Å². The molecule has 1 atom stereocenters. The SMILES string of the molecule is C=CC1CC=CC(OCCOC)=C1C(C)(F)F. The van der Waals surface area contributed by atoms with Crippen LogP contribution in [0.2, 0.25) is 0 Å². The van der Waals surface area contributed by atoms with Crippen molar-refractivity contribution in [1.29, 1.82) is 0 Å². The van der Waals surface area contributed by atoms with Gasteiger partial charge < -0.3 is 9.47 Å². The molecule has 0 saturated heterocycles. The van der Waals surface area contributed by atoms with E-state index in [4.69, 9.17) is 9.47 Å². The lowest BCUT2D eigenvalue weighted by molar-refractivity contribution is 0.0422. The zero-order valence-corrected chi connectivity index (χ0v) is 10.2. The highest BCUT2D eigenvalue weighted by atomic mass is 19.3. The van der Waals surface area contributed by atoms with Crippen LogP contribution in [0.4, 0.5) is 8.78 Å². The van der Waals surface area contributed by atoms with Gasteiger partial charge in [-0.25, -0.2) is 8.78 Å². The second kappa shape index (κ2) is 5.96. The van der Waals surface area contributed by atoms with Crippen LogP contribution < -0.4 is 0 Å². The lowest BCUT2D eigenvalue weighted by atomic mass is 9.87. The fourth-order valence-corrected chi connectivity index (χ4v) is 1.83. The number of methoxy groups -OCH3 is 1. The van der Waals surface area contributed by atoms with Crippen LogP contribution in [0.25, 0.3) is 0 Å². The third-order valence-electron chi connectivity index (χ3n) is 2.60. The first-order valence-corrected chi connectivity index (χ1v) is 5.54. The lowest BCUT2D eigenvalue weighted by Gasteiger charge is -2.27. The molecule has 1 unspecified atom stereocenters. The molecule has 0 spiro atoms. The Hall–Kier alpha value is -1.16. The van der Waals surface area contributed by atoms with Gasteiger partial charge in [0.05, 0.1) is 6.61 Å². The zero-order chi connectivity index (χ0) is 12.9. The monoisotopic (exact) mass is 244 g/mol. The van der Waals surface area contributed by atoms with Gasteiger partial charge in [-0.2, -0.15) is 0 Å². The summed E-state index contributed by atoms with van der Waals surface area (Å²) in [5.74, 6) is -3.02. The molecule has 4 heteroatoms. The lowest BCUT2D eigenvalue weighted by Crippen LogP contribution is -2.24. The maximum atomic E-state index is 13.6. The second-order valence-corrected chi connectivity index (χ2v) is 3.99. The highest BCUT2D eigenvalue weighted by Crippen LogP contribution is 2.38. The smallest absolute Gasteiger partial charge is 0.271 e. The van der Waals surface area contributed by atoms with Gasteiger partial charge in [0.2, 0.25) is 0 Å². The number of rotatable bonds is 6. The third kappa shape index (κ3) is 3.66. The van der Waals surface area contributed by atoms with Crippen molar-refractivity contribution in [2.24, 2.45) is 5.92 Å². The number of halogens is 2. The summed E-state index contributed by atoms with van der Waals surface area (Å²) in [5, 5.41) is 0. The van der Waals surface area contributed by atoms with Crippen molar-refractivity contribution in [2.45, 2.75) is 19.3 Å². The summed E-state index contributed by atoms with van der Waals surface area (Å²) >= 11 is 0. The molecule has 0 amide bonds. The van der Waals surface area contributed by atoms with Gasteiger partial charge in [-0.3, -0.25) is 0 Å².